The van der Waals surface area contributed by atoms with E-state index in [1.807, 2.05) is 31.2 Å². The van der Waals surface area contributed by atoms with Gasteiger partial charge in [0.15, 0.2) is 5.78 Å². The first-order valence-corrected chi connectivity index (χ1v) is 6.13. The third-order valence-electron chi connectivity index (χ3n) is 2.51. The molecule has 0 atom stereocenters. The smallest absolute Gasteiger partial charge is 0.162 e. The molecule has 0 amide bonds. The van der Waals surface area contributed by atoms with Gasteiger partial charge in [-0.15, -0.1) is 0 Å². The van der Waals surface area contributed by atoms with Gasteiger partial charge >= 0.3 is 0 Å². The molecule has 2 aromatic carbocycles. The number of halogens is 1. The van der Waals surface area contributed by atoms with E-state index in [-0.39, 0.29) is 5.78 Å². The van der Waals surface area contributed by atoms with Gasteiger partial charge < -0.3 is 4.74 Å². The third-order valence-corrected chi connectivity index (χ3v) is 2.74. The molecule has 0 saturated carbocycles. The molecule has 92 valence electrons. The number of Topliss-reactive ketones (excluding diaryl/α,β-unsaturated/α-hetero) is 1. The Morgan fingerprint density at radius 2 is 1.78 bits per heavy atom. The summed E-state index contributed by atoms with van der Waals surface area (Å²) in [4.78, 5) is 11.6. The molecule has 0 fully saturated rings. The van der Waals surface area contributed by atoms with E-state index < -0.39 is 0 Å². The van der Waals surface area contributed by atoms with E-state index in [9.17, 15) is 4.79 Å². The first-order valence-electron chi connectivity index (χ1n) is 5.75. The van der Waals surface area contributed by atoms with Crippen molar-refractivity contribution >= 4 is 17.4 Å². The highest BCUT2D eigenvalue weighted by Gasteiger charge is 2.05. The summed E-state index contributed by atoms with van der Waals surface area (Å²) in [6.45, 7) is 1.84. The van der Waals surface area contributed by atoms with E-state index in [2.05, 4.69) is 0 Å². The van der Waals surface area contributed by atoms with E-state index in [4.69, 9.17) is 16.3 Å². The maximum Gasteiger partial charge on any atom is 0.162 e. The second kappa shape index (κ2) is 5.69. The molecule has 2 aromatic rings. The SMILES string of the molecule is CCC(=O)c1cccc(Oc2cccc(Cl)c2)c1. The molecular weight excluding hydrogens is 248 g/mol. The van der Waals surface area contributed by atoms with Crippen molar-refractivity contribution in [3.8, 4) is 11.5 Å². The zero-order valence-electron chi connectivity index (χ0n) is 10.0. The largest absolute Gasteiger partial charge is 0.457 e. The Bertz CT molecular complexity index is 564. The maximum atomic E-state index is 11.6. The maximum absolute atomic E-state index is 11.6. The van der Waals surface area contributed by atoms with Gasteiger partial charge in [-0.25, -0.2) is 0 Å². The summed E-state index contributed by atoms with van der Waals surface area (Å²) in [5.74, 6) is 1.40. The summed E-state index contributed by atoms with van der Waals surface area (Å²) in [5.41, 5.74) is 0.664. The zero-order chi connectivity index (χ0) is 13.0. The van der Waals surface area contributed by atoms with Crippen molar-refractivity contribution < 1.29 is 9.53 Å². The van der Waals surface area contributed by atoms with Crippen molar-refractivity contribution in [3.05, 3.63) is 59.1 Å². The number of hydrogen-bond donors (Lipinski definition) is 0. The lowest BCUT2D eigenvalue weighted by atomic mass is 10.1. The predicted molar refractivity (Wildman–Crippen MR) is 72.6 cm³/mol. The van der Waals surface area contributed by atoms with Gasteiger partial charge in [0.25, 0.3) is 0 Å². The average Bonchev–Trinajstić information content (AvgIpc) is 2.38. The van der Waals surface area contributed by atoms with Gasteiger partial charge in [0.1, 0.15) is 11.5 Å². The molecule has 2 rings (SSSR count). The molecule has 0 saturated heterocycles. The number of rotatable bonds is 4. The van der Waals surface area contributed by atoms with Gasteiger partial charge in [-0.05, 0) is 30.3 Å². The van der Waals surface area contributed by atoms with Crippen LogP contribution in [0.25, 0.3) is 0 Å². The average molecular weight is 261 g/mol. The van der Waals surface area contributed by atoms with Crippen molar-refractivity contribution in [3.63, 3.8) is 0 Å². The van der Waals surface area contributed by atoms with Crippen LogP contribution in [0.2, 0.25) is 5.02 Å². The topological polar surface area (TPSA) is 26.3 Å². The fraction of sp³-hybridized carbons (Fsp3) is 0.133. The van der Waals surface area contributed by atoms with Crippen LogP contribution in [-0.4, -0.2) is 5.78 Å². The second-order valence-corrected chi connectivity index (χ2v) is 4.30. The Morgan fingerprint density at radius 3 is 2.44 bits per heavy atom. The molecule has 3 heteroatoms. The molecule has 0 bridgehead atoms. The number of ketones is 1. The van der Waals surface area contributed by atoms with Gasteiger partial charge in [0.05, 0.1) is 0 Å². The van der Waals surface area contributed by atoms with Crippen molar-refractivity contribution in [2.45, 2.75) is 13.3 Å². The summed E-state index contributed by atoms with van der Waals surface area (Å²) in [6, 6.07) is 14.3. The summed E-state index contributed by atoms with van der Waals surface area (Å²) in [7, 11) is 0. The molecule has 0 aliphatic rings. The first kappa shape index (κ1) is 12.7. The van der Waals surface area contributed by atoms with Gasteiger partial charge in [-0.2, -0.15) is 0 Å². The summed E-state index contributed by atoms with van der Waals surface area (Å²) in [6.07, 6.45) is 0.487. The van der Waals surface area contributed by atoms with Crippen LogP contribution in [-0.2, 0) is 0 Å². The van der Waals surface area contributed by atoms with Crippen molar-refractivity contribution in [2.24, 2.45) is 0 Å². The third kappa shape index (κ3) is 3.11. The standard InChI is InChI=1S/C15H13ClO2/c1-2-15(17)11-5-3-7-13(9-11)18-14-8-4-6-12(16)10-14/h3-10H,2H2,1H3. The second-order valence-electron chi connectivity index (χ2n) is 3.86. The van der Waals surface area contributed by atoms with Crippen LogP contribution >= 0.6 is 11.6 Å². The lowest BCUT2D eigenvalue weighted by Crippen LogP contribution is -1.96. The number of ether oxygens (including phenoxy) is 1. The minimum absolute atomic E-state index is 0.103. The molecule has 0 heterocycles. The summed E-state index contributed by atoms with van der Waals surface area (Å²) < 4.78 is 5.66. The van der Waals surface area contributed by atoms with Crippen molar-refractivity contribution in [1.82, 2.24) is 0 Å². The van der Waals surface area contributed by atoms with Gasteiger partial charge in [0, 0.05) is 17.0 Å². The van der Waals surface area contributed by atoms with Crippen LogP contribution in [0.1, 0.15) is 23.7 Å². The van der Waals surface area contributed by atoms with E-state index >= 15 is 0 Å². The zero-order valence-corrected chi connectivity index (χ0v) is 10.8. The molecule has 0 N–H and O–H groups in total. The lowest BCUT2D eigenvalue weighted by Gasteiger charge is -2.07. The number of carbonyl (C=O) groups excluding carboxylic acids is 1. The fourth-order valence-corrected chi connectivity index (χ4v) is 1.78. The summed E-state index contributed by atoms with van der Waals surface area (Å²) in [5, 5.41) is 0.619. The highest BCUT2D eigenvalue weighted by Crippen LogP contribution is 2.25. The molecule has 0 aliphatic heterocycles. The predicted octanol–water partition coefficient (Wildman–Crippen LogP) is 4.73. The quantitative estimate of drug-likeness (QED) is 0.743. The van der Waals surface area contributed by atoms with Crippen molar-refractivity contribution in [2.75, 3.05) is 0 Å². The van der Waals surface area contributed by atoms with E-state index in [0.29, 0.717) is 28.5 Å². The molecule has 0 aliphatic carbocycles. The van der Waals surface area contributed by atoms with Crippen LogP contribution < -0.4 is 4.74 Å². The summed E-state index contributed by atoms with van der Waals surface area (Å²) >= 11 is 5.88. The van der Waals surface area contributed by atoms with Crippen LogP contribution in [0.4, 0.5) is 0 Å². The Balaban J connectivity index is 2.22. The number of carbonyl (C=O) groups is 1. The number of benzene rings is 2. The molecule has 0 aromatic heterocycles. The van der Waals surface area contributed by atoms with E-state index in [0.717, 1.165) is 0 Å². The first-order chi connectivity index (χ1) is 8.69. The molecule has 0 spiro atoms. The fourth-order valence-electron chi connectivity index (χ4n) is 1.60. The molecule has 0 radical (unpaired) electrons. The minimum Gasteiger partial charge on any atom is -0.457 e. The van der Waals surface area contributed by atoms with Crippen LogP contribution in [0.5, 0.6) is 11.5 Å². The van der Waals surface area contributed by atoms with E-state index in [1.54, 1.807) is 24.3 Å². The normalized spacial score (nSPS) is 10.1. The van der Waals surface area contributed by atoms with Gasteiger partial charge in [-0.3, -0.25) is 4.79 Å². The van der Waals surface area contributed by atoms with Crippen LogP contribution in [0.3, 0.4) is 0 Å². The molecule has 18 heavy (non-hydrogen) atoms. The lowest BCUT2D eigenvalue weighted by molar-refractivity contribution is 0.0988. The van der Waals surface area contributed by atoms with Crippen LogP contribution in [0, 0.1) is 0 Å². The Kier molecular flexibility index (Phi) is 4.00. The highest BCUT2D eigenvalue weighted by molar-refractivity contribution is 6.30. The number of hydrogen-bond acceptors (Lipinski definition) is 2. The molecule has 0 unspecified atom stereocenters. The van der Waals surface area contributed by atoms with Crippen LogP contribution in [0.15, 0.2) is 48.5 Å². The minimum atomic E-state index is 0.103. The Labute approximate surface area is 111 Å². The highest BCUT2D eigenvalue weighted by atomic mass is 35.5. The van der Waals surface area contributed by atoms with Crippen molar-refractivity contribution in [1.29, 1.82) is 0 Å². The van der Waals surface area contributed by atoms with E-state index in [1.165, 1.54) is 0 Å². The molecule has 2 nitrogen and oxygen atoms in total. The Morgan fingerprint density at radius 1 is 1.11 bits per heavy atom. The van der Waals surface area contributed by atoms with Gasteiger partial charge in [0.2, 0.25) is 0 Å². The monoisotopic (exact) mass is 260 g/mol. The Hall–Kier alpha value is -1.80. The molecular formula is C15H13ClO2. The van der Waals surface area contributed by atoms with Gasteiger partial charge in [-0.1, -0.05) is 36.7 Å².